The molecule has 6 heteroatoms. The van der Waals surface area contributed by atoms with Crippen LogP contribution in [0.15, 0.2) is 47.4 Å². The number of hydrogen-bond acceptors (Lipinski definition) is 3. The number of nitrogens with two attached hydrogens (primary N) is 1. The average molecular weight is 383 g/mol. The number of carbonyl (C=O) groups is 2. The molecule has 0 saturated heterocycles. The van der Waals surface area contributed by atoms with E-state index in [0.717, 1.165) is 11.5 Å². The minimum absolute atomic E-state index is 0.107. The molecule has 0 unspecified atom stereocenters. The van der Waals surface area contributed by atoms with Crippen molar-refractivity contribution in [2.24, 2.45) is 11.7 Å². The van der Waals surface area contributed by atoms with Crippen LogP contribution in [0.3, 0.4) is 0 Å². The highest BCUT2D eigenvalue weighted by Gasteiger charge is 2.15. The fraction of sp³-hybridized carbons (Fsp3) is 0.409. The smallest absolute Gasteiger partial charge is 0.263 e. The average Bonchev–Trinajstić information content (AvgIpc) is 2.70. The first-order chi connectivity index (χ1) is 13.4. The number of rotatable bonds is 4. The molecule has 1 aromatic heterocycles. The molecule has 2 amide bonds. The van der Waals surface area contributed by atoms with E-state index in [-0.39, 0.29) is 17.7 Å². The first-order valence-corrected chi connectivity index (χ1v) is 9.72. The molecule has 6 nitrogen and oxygen atoms in total. The molecule has 2 aromatic rings. The number of pyridine rings is 1. The highest BCUT2D eigenvalue weighted by atomic mass is 16.2. The minimum Gasteiger partial charge on any atom is -0.366 e. The fourth-order valence-corrected chi connectivity index (χ4v) is 3.27. The van der Waals surface area contributed by atoms with Crippen molar-refractivity contribution in [1.29, 1.82) is 0 Å². The number of hydrogen-bond donors (Lipinski definition) is 2. The van der Waals surface area contributed by atoms with Gasteiger partial charge < -0.3 is 15.6 Å². The largest absolute Gasteiger partial charge is 0.366 e. The van der Waals surface area contributed by atoms with Crippen LogP contribution in [-0.4, -0.2) is 23.4 Å². The number of nitrogens with zero attached hydrogens (tertiary/aromatic N) is 1. The highest BCUT2D eigenvalue weighted by Crippen LogP contribution is 2.22. The quantitative estimate of drug-likeness (QED) is 0.850. The lowest BCUT2D eigenvalue weighted by Crippen LogP contribution is -2.33. The van der Waals surface area contributed by atoms with Gasteiger partial charge in [0.25, 0.3) is 11.5 Å². The normalized spacial score (nSPS) is 13.9. The van der Waals surface area contributed by atoms with E-state index in [0.29, 0.717) is 0 Å². The maximum absolute atomic E-state index is 12.3. The molecule has 1 aliphatic carbocycles. The number of amides is 2. The Morgan fingerprint density at radius 2 is 1.79 bits per heavy atom. The summed E-state index contributed by atoms with van der Waals surface area (Å²) in [4.78, 5) is 35.4. The molecule has 1 aromatic carbocycles. The van der Waals surface area contributed by atoms with Gasteiger partial charge in [-0.25, -0.2) is 0 Å². The van der Waals surface area contributed by atoms with Crippen molar-refractivity contribution < 1.29 is 9.59 Å². The fourth-order valence-electron chi connectivity index (χ4n) is 3.27. The van der Waals surface area contributed by atoms with E-state index in [1.54, 1.807) is 0 Å². The molecule has 0 aliphatic heterocycles. The Morgan fingerprint density at radius 3 is 2.29 bits per heavy atom. The van der Waals surface area contributed by atoms with E-state index in [4.69, 9.17) is 5.73 Å². The summed E-state index contributed by atoms with van der Waals surface area (Å²) in [5.74, 6) is -0.208. The number of primary amides is 1. The minimum atomic E-state index is -0.693. The van der Waals surface area contributed by atoms with Crippen LogP contribution in [0, 0.1) is 5.92 Å². The van der Waals surface area contributed by atoms with Crippen molar-refractivity contribution in [3.05, 3.63) is 69.6 Å². The van der Waals surface area contributed by atoms with Gasteiger partial charge in [0, 0.05) is 13.2 Å². The van der Waals surface area contributed by atoms with Crippen molar-refractivity contribution in [3.8, 4) is 0 Å². The van der Waals surface area contributed by atoms with Gasteiger partial charge in [0.15, 0.2) is 0 Å². The van der Waals surface area contributed by atoms with Gasteiger partial charge in [0.05, 0.1) is 12.1 Å². The highest BCUT2D eigenvalue weighted by molar-refractivity contribution is 5.98. The number of benzene rings is 1. The molecule has 3 N–H and O–H groups in total. The Labute approximate surface area is 165 Å². The Hall–Kier alpha value is -2.89. The second-order valence-corrected chi connectivity index (χ2v) is 7.25. The number of aromatic nitrogens is 1. The molecule has 3 rings (SSSR count). The van der Waals surface area contributed by atoms with Gasteiger partial charge in [0.2, 0.25) is 5.91 Å². The van der Waals surface area contributed by atoms with Crippen LogP contribution in [0.1, 0.15) is 65.3 Å². The predicted molar refractivity (Wildman–Crippen MR) is 110 cm³/mol. The summed E-state index contributed by atoms with van der Waals surface area (Å²) in [5.41, 5.74) is 5.67. The number of carbonyl (C=O) groups excluding carboxylic acids is 2. The molecule has 0 radical (unpaired) electrons. The first kappa shape index (κ1) is 21.4. The maximum Gasteiger partial charge on any atom is 0.263 e. The molecule has 1 aliphatic rings. The van der Waals surface area contributed by atoms with Crippen molar-refractivity contribution in [1.82, 2.24) is 9.88 Å². The van der Waals surface area contributed by atoms with E-state index in [1.807, 2.05) is 30.3 Å². The standard InChI is InChI=1S/C15H15N3O3.C7H14/c1-17-14(20)12-7-11(13(16)19)9-18(15(12)21)8-10-5-3-2-4-6-10;1-7-5-3-2-4-6-7/h2-7,9H,8H2,1H3,(H2,16,19)(H,17,20);7H,2-6H2,1H3. The van der Waals surface area contributed by atoms with Crippen LogP contribution in [0.2, 0.25) is 0 Å². The third-order valence-corrected chi connectivity index (χ3v) is 4.93. The zero-order valence-electron chi connectivity index (χ0n) is 16.6. The molecular weight excluding hydrogens is 354 g/mol. The number of nitrogens with one attached hydrogen (secondary N) is 1. The SMILES string of the molecule is CC1CCCCC1.CNC(=O)c1cc(C(N)=O)cn(Cc2ccccc2)c1=O. The van der Waals surface area contributed by atoms with Crippen molar-refractivity contribution in [2.45, 2.75) is 45.6 Å². The van der Waals surface area contributed by atoms with E-state index in [2.05, 4.69) is 12.2 Å². The van der Waals surface area contributed by atoms with Crippen molar-refractivity contribution >= 4 is 11.8 Å². The van der Waals surface area contributed by atoms with Crippen LogP contribution in [-0.2, 0) is 6.54 Å². The summed E-state index contributed by atoms with van der Waals surface area (Å²) in [7, 11) is 1.42. The Kier molecular flexibility index (Phi) is 7.99. The Bertz CT molecular complexity index is 853. The third-order valence-electron chi connectivity index (χ3n) is 4.93. The zero-order valence-corrected chi connectivity index (χ0v) is 16.6. The summed E-state index contributed by atoms with van der Waals surface area (Å²) in [6.07, 6.45) is 8.80. The zero-order chi connectivity index (χ0) is 20.5. The summed E-state index contributed by atoms with van der Waals surface area (Å²) in [6, 6.07) is 10.5. The predicted octanol–water partition coefficient (Wildman–Crippen LogP) is 2.94. The van der Waals surface area contributed by atoms with Gasteiger partial charge in [-0.2, -0.15) is 0 Å². The van der Waals surface area contributed by atoms with Crippen LogP contribution in [0.25, 0.3) is 0 Å². The molecule has 0 bridgehead atoms. The monoisotopic (exact) mass is 383 g/mol. The molecule has 150 valence electrons. The lowest BCUT2D eigenvalue weighted by Gasteiger charge is -2.15. The molecule has 0 atom stereocenters. The van der Waals surface area contributed by atoms with E-state index in [1.165, 1.54) is 56.0 Å². The topological polar surface area (TPSA) is 94.2 Å². The van der Waals surface area contributed by atoms with Crippen LogP contribution in [0.4, 0.5) is 0 Å². The van der Waals surface area contributed by atoms with Gasteiger partial charge in [-0.05, 0) is 17.5 Å². The maximum atomic E-state index is 12.3. The molecule has 1 saturated carbocycles. The lowest BCUT2D eigenvalue weighted by molar-refractivity contribution is 0.0961. The summed E-state index contributed by atoms with van der Waals surface area (Å²) in [6.45, 7) is 2.62. The lowest BCUT2D eigenvalue weighted by atomic mass is 9.91. The van der Waals surface area contributed by atoms with Gasteiger partial charge in [-0.1, -0.05) is 69.4 Å². The van der Waals surface area contributed by atoms with Gasteiger partial charge in [-0.15, -0.1) is 0 Å². The molecule has 1 fully saturated rings. The summed E-state index contributed by atoms with van der Waals surface area (Å²) in [5, 5.41) is 2.37. The molecular formula is C22H29N3O3. The van der Waals surface area contributed by atoms with E-state index >= 15 is 0 Å². The molecule has 28 heavy (non-hydrogen) atoms. The Morgan fingerprint density at radius 1 is 1.14 bits per heavy atom. The van der Waals surface area contributed by atoms with Gasteiger partial charge in [0.1, 0.15) is 5.56 Å². The van der Waals surface area contributed by atoms with Crippen LogP contribution in [0.5, 0.6) is 0 Å². The Balaban J connectivity index is 0.000000336. The van der Waals surface area contributed by atoms with Crippen molar-refractivity contribution in [2.75, 3.05) is 7.05 Å². The summed E-state index contributed by atoms with van der Waals surface area (Å²) < 4.78 is 1.31. The van der Waals surface area contributed by atoms with Gasteiger partial charge in [-0.3, -0.25) is 14.4 Å². The second kappa shape index (κ2) is 10.4. The van der Waals surface area contributed by atoms with Crippen LogP contribution < -0.4 is 16.6 Å². The van der Waals surface area contributed by atoms with E-state index in [9.17, 15) is 14.4 Å². The molecule has 1 heterocycles. The van der Waals surface area contributed by atoms with Crippen LogP contribution >= 0.6 is 0 Å². The van der Waals surface area contributed by atoms with Crippen molar-refractivity contribution in [3.63, 3.8) is 0 Å². The second-order valence-electron chi connectivity index (χ2n) is 7.25. The first-order valence-electron chi connectivity index (χ1n) is 9.72. The molecule has 0 spiro atoms. The van der Waals surface area contributed by atoms with Gasteiger partial charge >= 0.3 is 0 Å². The summed E-state index contributed by atoms with van der Waals surface area (Å²) >= 11 is 0. The van der Waals surface area contributed by atoms with E-state index < -0.39 is 17.4 Å². The third kappa shape index (κ3) is 6.08.